The Labute approximate surface area is 246 Å². The molecule has 2 fully saturated rings. The second-order valence-electron chi connectivity index (χ2n) is 10.2. The number of carbonyl (C=O) groups excluding carboxylic acids is 1. The van der Waals surface area contributed by atoms with Crippen molar-refractivity contribution < 1.29 is 9.18 Å². The van der Waals surface area contributed by atoms with Gasteiger partial charge < -0.3 is 4.90 Å². The first-order chi connectivity index (χ1) is 19.9. The number of piperazine rings is 1. The monoisotopic (exact) mass is 585 g/mol. The van der Waals surface area contributed by atoms with Crippen molar-refractivity contribution in [3.05, 3.63) is 116 Å². The van der Waals surface area contributed by atoms with Crippen LogP contribution in [0.3, 0.4) is 0 Å². The third-order valence-electron chi connectivity index (χ3n) is 7.39. The fourth-order valence-electron chi connectivity index (χ4n) is 5.17. The molecule has 0 N–H and O–H groups in total. The summed E-state index contributed by atoms with van der Waals surface area (Å²) >= 11 is 6.69. The van der Waals surface area contributed by atoms with Crippen molar-refractivity contribution in [3.8, 4) is 0 Å². The predicted octanol–water partition coefficient (Wildman–Crippen LogP) is 4.87. The van der Waals surface area contributed by atoms with Crippen molar-refractivity contribution >= 4 is 51.7 Å². The lowest BCUT2D eigenvalue weighted by atomic mass is 10.1. The lowest BCUT2D eigenvalue weighted by Gasteiger charge is -2.36. The Hall–Kier alpha value is -3.86. The number of aromatic nitrogens is 2. The van der Waals surface area contributed by atoms with Crippen LogP contribution < -0.4 is 10.5 Å². The van der Waals surface area contributed by atoms with E-state index in [2.05, 4.69) is 34.1 Å². The maximum Gasteiger partial charge on any atom is 0.267 e. The van der Waals surface area contributed by atoms with Gasteiger partial charge in [-0.1, -0.05) is 72.5 Å². The Morgan fingerprint density at radius 2 is 1.63 bits per heavy atom. The first kappa shape index (κ1) is 27.3. The number of nitrogens with zero attached hydrogens (tertiary/aromatic N) is 5. The van der Waals surface area contributed by atoms with Gasteiger partial charge in [0.2, 0.25) is 0 Å². The van der Waals surface area contributed by atoms with E-state index in [0.29, 0.717) is 39.3 Å². The maximum atomic E-state index is 13.9. The second kappa shape index (κ2) is 11.6. The molecule has 0 spiro atoms. The quantitative estimate of drug-likeness (QED) is 0.237. The molecule has 7 nitrogen and oxygen atoms in total. The number of benzene rings is 2. The van der Waals surface area contributed by atoms with Gasteiger partial charge in [0.1, 0.15) is 21.6 Å². The number of carbonyl (C=O) groups is 1. The summed E-state index contributed by atoms with van der Waals surface area (Å²) in [7, 11) is 0. The van der Waals surface area contributed by atoms with Crippen LogP contribution in [0.15, 0.2) is 82.6 Å². The minimum absolute atomic E-state index is 0.229. The molecule has 208 valence electrons. The van der Waals surface area contributed by atoms with Gasteiger partial charge in [-0.2, -0.15) is 0 Å². The van der Waals surface area contributed by atoms with Crippen LogP contribution in [-0.4, -0.2) is 55.6 Å². The number of halogens is 1. The van der Waals surface area contributed by atoms with Gasteiger partial charge in [-0.05, 0) is 47.9 Å². The summed E-state index contributed by atoms with van der Waals surface area (Å²) in [5.74, 6) is -0.0452. The Morgan fingerprint density at radius 1 is 0.927 bits per heavy atom. The highest BCUT2D eigenvalue weighted by Crippen LogP contribution is 2.34. The number of fused-ring (bicyclic) bond motifs is 1. The van der Waals surface area contributed by atoms with Gasteiger partial charge in [-0.25, -0.2) is 9.37 Å². The van der Waals surface area contributed by atoms with Crippen LogP contribution in [0.5, 0.6) is 0 Å². The van der Waals surface area contributed by atoms with Crippen LogP contribution in [-0.2, 0) is 17.9 Å². The highest BCUT2D eigenvalue weighted by Gasteiger charge is 2.33. The van der Waals surface area contributed by atoms with Crippen LogP contribution in [0.25, 0.3) is 11.7 Å². The second-order valence-corrected chi connectivity index (χ2v) is 11.9. The molecular formula is C31H28FN5O2S2. The molecule has 0 bridgehead atoms. The molecule has 2 aromatic carbocycles. The van der Waals surface area contributed by atoms with Gasteiger partial charge in [-0.3, -0.25) is 23.8 Å². The summed E-state index contributed by atoms with van der Waals surface area (Å²) < 4.78 is 15.3. The third kappa shape index (κ3) is 5.68. The largest absolute Gasteiger partial charge is 0.353 e. The summed E-state index contributed by atoms with van der Waals surface area (Å²) in [6.07, 6.45) is 3.34. The van der Waals surface area contributed by atoms with Crippen molar-refractivity contribution in [3.63, 3.8) is 0 Å². The maximum absolute atomic E-state index is 13.9. The summed E-state index contributed by atoms with van der Waals surface area (Å²) in [5, 5.41) is 0. The SMILES string of the molecule is Cc1cccn2c(=O)c(C=C3SC(=S)N(Cc4ccc(F)cc4)C3=O)c(N3CCN(Cc4ccccc4)CC3)nc12. The molecule has 0 radical (unpaired) electrons. The van der Waals surface area contributed by atoms with Gasteiger partial charge in [0.15, 0.2) is 0 Å². The van der Waals surface area contributed by atoms with E-state index in [0.717, 1.165) is 30.8 Å². The summed E-state index contributed by atoms with van der Waals surface area (Å²) in [4.78, 5) is 38.7. The molecule has 0 unspecified atom stereocenters. The van der Waals surface area contributed by atoms with Crippen molar-refractivity contribution in [1.82, 2.24) is 19.2 Å². The molecule has 10 heteroatoms. The zero-order valence-corrected chi connectivity index (χ0v) is 24.1. The van der Waals surface area contributed by atoms with Gasteiger partial charge in [0.25, 0.3) is 11.5 Å². The fraction of sp³-hybridized carbons (Fsp3) is 0.226. The predicted molar refractivity (Wildman–Crippen MR) is 165 cm³/mol. The van der Waals surface area contributed by atoms with Gasteiger partial charge in [-0.15, -0.1) is 0 Å². The lowest BCUT2D eigenvalue weighted by Crippen LogP contribution is -2.47. The number of hydrogen-bond acceptors (Lipinski definition) is 7. The van der Waals surface area contributed by atoms with Gasteiger partial charge >= 0.3 is 0 Å². The number of thiocarbonyl (C=S) groups is 1. The lowest BCUT2D eigenvalue weighted by molar-refractivity contribution is -0.122. The van der Waals surface area contributed by atoms with E-state index < -0.39 is 0 Å². The number of aryl methyl sites for hydroxylation is 1. The minimum Gasteiger partial charge on any atom is -0.353 e. The van der Waals surface area contributed by atoms with Crippen LogP contribution in [0.2, 0.25) is 0 Å². The number of hydrogen-bond donors (Lipinski definition) is 0. The number of thioether (sulfide) groups is 1. The highest BCUT2D eigenvalue weighted by atomic mass is 32.2. The third-order valence-corrected chi connectivity index (χ3v) is 8.77. The highest BCUT2D eigenvalue weighted by molar-refractivity contribution is 8.26. The van der Waals surface area contributed by atoms with Crippen LogP contribution in [0, 0.1) is 12.7 Å². The first-order valence-electron chi connectivity index (χ1n) is 13.4. The summed E-state index contributed by atoms with van der Waals surface area (Å²) in [6, 6.07) is 20.1. The molecule has 2 aromatic heterocycles. The standard InChI is InChI=1S/C31H28FN5O2S2/c1-21-6-5-13-36-27(21)33-28(35-16-14-34(15-17-35)19-22-7-3-2-4-8-22)25(29(36)38)18-26-30(39)37(31(40)41-26)20-23-9-11-24(32)12-10-23/h2-13,18H,14-17,19-20H2,1H3. The fourth-order valence-corrected chi connectivity index (χ4v) is 6.40. The van der Waals surface area contributed by atoms with E-state index in [1.54, 1.807) is 24.4 Å². The Morgan fingerprint density at radius 3 is 2.37 bits per heavy atom. The number of pyridine rings is 1. The Balaban J connectivity index is 1.32. The molecule has 41 heavy (non-hydrogen) atoms. The van der Waals surface area contributed by atoms with Crippen molar-refractivity contribution in [2.75, 3.05) is 31.1 Å². The van der Waals surface area contributed by atoms with E-state index in [-0.39, 0.29) is 23.8 Å². The zero-order chi connectivity index (χ0) is 28.5. The molecule has 0 saturated carbocycles. The van der Waals surface area contributed by atoms with E-state index in [1.165, 1.54) is 38.8 Å². The molecule has 1 amide bonds. The first-order valence-corrected chi connectivity index (χ1v) is 14.6. The van der Waals surface area contributed by atoms with Crippen LogP contribution in [0.1, 0.15) is 22.3 Å². The normalized spacial score (nSPS) is 17.3. The number of amides is 1. The molecule has 4 aromatic rings. The molecule has 0 atom stereocenters. The molecule has 0 aliphatic carbocycles. The summed E-state index contributed by atoms with van der Waals surface area (Å²) in [5.41, 5.74) is 3.66. The summed E-state index contributed by atoms with van der Waals surface area (Å²) in [6.45, 7) is 6.08. The Kier molecular flexibility index (Phi) is 7.70. The van der Waals surface area contributed by atoms with E-state index in [1.807, 2.05) is 25.1 Å². The number of anilines is 1. The van der Waals surface area contributed by atoms with E-state index in [9.17, 15) is 14.0 Å². The van der Waals surface area contributed by atoms with Crippen molar-refractivity contribution in [2.24, 2.45) is 0 Å². The smallest absolute Gasteiger partial charge is 0.267 e. The molecule has 2 saturated heterocycles. The minimum atomic E-state index is -0.341. The average molecular weight is 586 g/mol. The molecule has 2 aliphatic rings. The zero-order valence-electron chi connectivity index (χ0n) is 22.5. The van der Waals surface area contributed by atoms with E-state index >= 15 is 0 Å². The average Bonchev–Trinajstić information content (AvgIpc) is 3.24. The van der Waals surface area contributed by atoms with E-state index in [4.69, 9.17) is 17.2 Å². The number of rotatable bonds is 6. The molecule has 2 aliphatic heterocycles. The molecular weight excluding hydrogens is 558 g/mol. The topological polar surface area (TPSA) is 61.2 Å². The van der Waals surface area contributed by atoms with Gasteiger partial charge in [0.05, 0.1) is 17.0 Å². The van der Waals surface area contributed by atoms with Crippen LogP contribution >= 0.6 is 24.0 Å². The van der Waals surface area contributed by atoms with Crippen molar-refractivity contribution in [2.45, 2.75) is 20.0 Å². The van der Waals surface area contributed by atoms with Crippen molar-refractivity contribution in [1.29, 1.82) is 0 Å². The van der Waals surface area contributed by atoms with Crippen LogP contribution in [0.4, 0.5) is 10.2 Å². The molecule has 6 rings (SSSR count). The Bertz CT molecular complexity index is 1710. The van der Waals surface area contributed by atoms with Gasteiger partial charge in [0, 0.05) is 38.9 Å². The molecule has 4 heterocycles.